The van der Waals surface area contributed by atoms with Gasteiger partial charge in [0.05, 0.1) is 4.90 Å². The van der Waals surface area contributed by atoms with Crippen molar-refractivity contribution < 1.29 is 8.42 Å². The molecular formula is C11H17NO2S. The molecule has 1 rings (SSSR count). The molecule has 1 atom stereocenters. The van der Waals surface area contributed by atoms with Crippen molar-refractivity contribution >= 4 is 10.0 Å². The highest BCUT2D eigenvalue weighted by Crippen LogP contribution is 2.21. The van der Waals surface area contributed by atoms with Crippen molar-refractivity contribution in [2.45, 2.75) is 31.1 Å². The lowest BCUT2D eigenvalue weighted by atomic mass is 9.99. The van der Waals surface area contributed by atoms with E-state index >= 15 is 0 Å². The minimum absolute atomic E-state index is 0.336. The molecule has 1 aromatic carbocycles. The largest absolute Gasteiger partial charge is 0.240 e. The average Bonchev–Trinajstić information content (AvgIpc) is 2.28. The predicted octanol–water partition coefficient (Wildman–Crippen LogP) is 2.11. The first-order valence-electron chi connectivity index (χ1n) is 5.04. The van der Waals surface area contributed by atoms with Gasteiger partial charge in [0.1, 0.15) is 0 Å². The maximum Gasteiger partial charge on any atom is 0.240 e. The fourth-order valence-corrected chi connectivity index (χ4v) is 2.13. The number of hydrogen-bond acceptors (Lipinski definition) is 2. The Balaban J connectivity index is 3.14. The summed E-state index contributed by atoms with van der Waals surface area (Å²) < 4.78 is 25.4. The molecule has 0 heterocycles. The van der Waals surface area contributed by atoms with Crippen LogP contribution < -0.4 is 4.72 Å². The topological polar surface area (TPSA) is 46.2 Å². The smallest absolute Gasteiger partial charge is 0.214 e. The molecule has 84 valence electrons. The van der Waals surface area contributed by atoms with Crippen LogP contribution >= 0.6 is 0 Å². The van der Waals surface area contributed by atoms with Gasteiger partial charge in [0, 0.05) is 0 Å². The van der Waals surface area contributed by atoms with Crippen molar-refractivity contribution in [2.75, 3.05) is 7.05 Å². The van der Waals surface area contributed by atoms with E-state index in [0.717, 1.165) is 12.0 Å². The molecular weight excluding hydrogens is 210 g/mol. The lowest BCUT2D eigenvalue weighted by Crippen LogP contribution is -2.18. The average molecular weight is 227 g/mol. The van der Waals surface area contributed by atoms with E-state index in [0.29, 0.717) is 10.8 Å². The molecule has 4 heteroatoms. The van der Waals surface area contributed by atoms with E-state index in [4.69, 9.17) is 0 Å². The van der Waals surface area contributed by atoms with Crippen molar-refractivity contribution in [2.24, 2.45) is 0 Å². The molecule has 1 aromatic rings. The zero-order valence-corrected chi connectivity index (χ0v) is 10.1. The molecule has 0 aliphatic carbocycles. The maximum absolute atomic E-state index is 11.6. The van der Waals surface area contributed by atoms with Crippen LogP contribution in [0.1, 0.15) is 31.7 Å². The Hall–Kier alpha value is -0.870. The summed E-state index contributed by atoms with van der Waals surface area (Å²) in [5.41, 5.74) is 1.06. The van der Waals surface area contributed by atoms with E-state index in [1.165, 1.54) is 7.05 Å². The van der Waals surface area contributed by atoms with Crippen molar-refractivity contribution in [1.29, 1.82) is 0 Å². The lowest BCUT2D eigenvalue weighted by Gasteiger charge is -2.10. The normalized spacial score (nSPS) is 13.8. The second kappa shape index (κ2) is 4.77. The van der Waals surface area contributed by atoms with Gasteiger partial charge in [-0.15, -0.1) is 0 Å². The molecule has 0 aliphatic rings. The summed E-state index contributed by atoms with van der Waals surface area (Å²) >= 11 is 0. The van der Waals surface area contributed by atoms with Crippen LogP contribution in [0.3, 0.4) is 0 Å². The third-order valence-electron chi connectivity index (χ3n) is 2.62. The van der Waals surface area contributed by atoms with Crippen molar-refractivity contribution in [1.82, 2.24) is 4.72 Å². The van der Waals surface area contributed by atoms with Gasteiger partial charge in [0.2, 0.25) is 10.0 Å². The molecule has 0 spiro atoms. The number of hydrogen-bond donors (Lipinski definition) is 1. The summed E-state index contributed by atoms with van der Waals surface area (Å²) in [4.78, 5) is 0.336. The second-order valence-electron chi connectivity index (χ2n) is 3.59. The van der Waals surface area contributed by atoms with Gasteiger partial charge in [0.15, 0.2) is 0 Å². The van der Waals surface area contributed by atoms with Gasteiger partial charge < -0.3 is 0 Å². The first-order valence-corrected chi connectivity index (χ1v) is 6.53. The molecule has 1 unspecified atom stereocenters. The Labute approximate surface area is 91.6 Å². The van der Waals surface area contributed by atoms with Crippen molar-refractivity contribution in [3.05, 3.63) is 29.8 Å². The van der Waals surface area contributed by atoms with E-state index < -0.39 is 10.0 Å². The van der Waals surface area contributed by atoms with Gasteiger partial charge >= 0.3 is 0 Å². The molecule has 0 aromatic heterocycles. The molecule has 15 heavy (non-hydrogen) atoms. The van der Waals surface area contributed by atoms with E-state index in [9.17, 15) is 8.42 Å². The van der Waals surface area contributed by atoms with Crippen LogP contribution in [0.25, 0.3) is 0 Å². The van der Waals surface area contributed by atoms with E-state index in [-0.39, 0.29) is 0 Å². The molecule has 0 saturated carbocycles. The maximum atomic E-state index is 11.6. The first kappa shape index (κ1) is 12.2. The Morgan fingerprint density at radius 3 is 2.60 bits per heavy atom. The highest BCUT2D eigenvalue weighted by Gasteiger charge is 2.12. The molecule has 1 N–H and O–H groups in total. The van der Waals surface area contributed by atoms with Crippen LogP contribution in [0.4, 0.5) is 0 Å². The molecule has 3 nitrogen and oxygen atoms in total. The third kappa shape index (κ3) is 2.79. The Morgan fingerprint density at radius 1 is 1.40 bits per heavy atom. The number of rotatable bonds is 4. The van der Waals surface area contributed by atoms with Crippen LogP contribution in [-0.2, 0) is 10.0 Å². The lowest BCUT2D eigenvalue weighted by molar-refractivity contribution is 0.588. The highest BCUT2D eigenvalue weighted by atomic mass is 32.2. The van der Waals surface area contributed by atoms with Gasteiger partial charge in [-0.1, -0.05) is 26.0 Å². The van der Waals surface area contributed by atoms with E-state index in [1.807, 2.05) is 6.07 Å². The predicted molar refractivity (Wildman–Crippen MR) is 61.4 cm³/mol. The third-order valence-corrected chi connectivity index (χ3v) is 4.03. The van der Waals surface area contributed by atoms with Gasteiger partial charge in [-0.2, -0.15) is 0 Å². The summed E-state index contributed by atoms with van der Waals surface area (Å²) in [6, 6.07) is 7.09. The number of sulfonamides is 1. The molecule has 0 radical (unpaired) electrons. The van der Waals surface area contributed by atoms with Crippen LogP contribution in [0.2, 0.25) is 0 Å². The minimum atomic E-state index is -3.31. The monoisotopic (exact) mass is 227 g/mol. The van der Waals surface area contributed by atoms with Gasteiger partial charge in [0.25, 0.3) is 0 Å². The van der Waals surface area contributed by atoms with Crippen LogP contribution in [-0.4, -0.2) is 15.5 Å². The van der Waals surface area contributed by atoms with Crippen LogP contribution in [0, 0.1) is 0 Å². The Bertz CT molecular complexity index is 426. The SMILES string of the molecule is CCC(C)c1cccc(S(=O)(=O)NC)c1. The van der Waals surface area contributed by atoms with Crippen molar-refractivity contribution in [3.8, 4) is 0 Å². The Kier molecular flexibility index (Phi) is 3.88. The standard InChI is InChI=1S/C11H17NO2S/c1-4-9(2)10-6-5-7-11(8-10)15(13,14)12-3/h5-9,12H,4H2,1-3H3. The number of nitrogens with one attached hydrogen (secondary N) is 1. The fraction of sp³-hybridized carbons (Fsp3) is 0.455. The first-order chi connectivity index (χ1) is 7.01. The van der Waals surface area contributed by atoms with Crippen molar-refractivity contribution in [3.63, 3.8) is 0 Å². The molecule has 0 saturated heterocycles. The van der Waals surface area contributed by atoms with Gasteiger partial charge in [-0.05, 0) is 37.1 Å². The zero-order valence-electron chi connectivity index (χ0n) is 9.32. The molecule has 0 fully saturated rings. The second-order valence-corrected chi connectivity index (χ2v) is 5.48. The highest BCUT2D eigenvalue weighted by molar-refractivity contribution is 7.89. The molecule has 0 aliphatic heterocycles. The van der Waals surface area contributed by atoms with Crippen LogP contribution in [0.5, 0.6) is 0 Å². The summed E-state index contributed by atoms with van der Waals surface area (Å²) in [5, 5.41) is 0. The fourth-order valence-electron chi connectivity index (χ4n) is 1.34. The summed E-state index contributed by atoms with van der Waals surface area (Å²) in [6.07, 6.45) is 1.00. The molecule has 0 bridgehead atoms. The minimum Gasteiger partial charge on any atom is -0.214 e. The van der Waals surface area contributed by atoms with Gasteiger partial charge in [-0.3, -0.25) is 0 Å². The quantitative estimate of drug-likeness (QED) is 0.856. The van der Waals surface area contributed by atoms with E-state index in [2.05, 4.69) is 18.6 Å². The van der Waals surface area contributed by atoms with E-state index in [1.54, 1.807) is 18.2 Å². The Morgan fingerprint density at radius 2 is 2.07 bits per heavy atom. The zero-order chi connectivity index (χ0) is 11.5. The summed E-state index contributed by atoms with van der Waals surface area (Å²) in [7, 11) is -1.89. The number of benzene rings is 1. The summed E-state index contributed by atoms with van der Waals surface area (Å²) in [6.45, 7) is 4.18. The summed E-state index contributed by atoms with van der Waals surface area (Å²) in [5.74, 6) is 0.386. The van der Waals surface area contributed by atoms with Gasteiger partial charge in [-0.25, -0.2) is 13.1 Å². The van der Waals surface area contributed by atoms with Crippen LogP contribution in [0.15, 0.2) is 29.2 Å². The molecule has 0 amide bonds.